The molecule has 0 spiro atoms. The smallest absolute Gasteiger partial charge is 0.119 e. The summed E-state index contributed by atoms with van der Waals surface area (Å²) < 4.78 is 5.57. The zero-order valence-electron chi connectivity index (χ0n) is 11.8. The van der Waals surface area contributed by atoms with Gasteiger partial charge in [0.05, 0.1) is 30.2 Å². The van der Waals surface area contributed by atoms with Crippen molar-refractivity contribution in [3.05, 3.63) is 53.6 Å². The van der Waals surface area contributed by atoms with E-state index in [2.05, 4.69) is 22.3 Å². The van der Waals surface area contributed by atoms with Crippen LogP contribution in [0.25, 0.3) is 0 Å². The molecule has 106 valence electrons. The van der Waals surface area contributed by atoms with Gasteiger partial charge in [-0.2, -0.15) is 0 Å². The summed E-state index contributed by atoms with van der Waals surface area (Å²) in [6.45, 7) is 4.71. The van der Waals surface area contributed by atoms with Crippen LogP contribution in [0.15, 0.2) is 36.7 Å². The third kappa shape index (κ3) is 3.53. The molecule has 2 aromatic rings. The number of aromatic nitrogens is 2. The molecule has 5 nitrogen and oxygen atoms in total. The van der Waals surface area contributed by atoms with Crippen molar-refractivity contribution in [2.24, 2.45) is 5.84 Å². The van der Waals surface area contributed by atoms with Gasteiger partial charge in [0.15, 0.2) is 0 Å². The molecule has 0 bridgehead atoms. The average Bonchev–Trinajstić information content (AvgIpc) is 2.49. The van der Waals surface area contributed by atoms with E-state index in [-0.39, 0.29) is 6.04 Å². The number of rotatable bonds is 6. The molecule has 20 heavy (non-hydrogen) atoms. The molecular formula is C15H20N4O. The van der Waals surface area contributed by atoms with Crippen LogP contribution in [0.2, 0.25) is 0 Å². The number of ether oxygens (including phenoxy) is 1. The number of aryl methyl sites for hydroxylation is 1. The molecule has 0 amide bonds. The molecule has 0 aliphatic heterocycles. The van der Waals surface area contributed by atoms with Crippen molar-refractivity contribution in [3.8, 4) is 5.75 Å². The van der Waals surface area contributed by atoms with Crippen molar-refractivity contribution in [1.82, 2.24) is 15.4 Å². The summed E-state index contributed by atoms with van der Waals surface area (Å²) >= 11 is 0. The molecule has 0 saturated heterocycles. The van der Waals surface area contributed by atoms with Crippen LogP contribution in [0.3, 0.4) is 0 Å². The Morgan fingerprint density at radius 3 is 2.50 bits per heavy atom. The second-order valence-corrected chi connectivity index (χ2v) is 4.60. The van der Waals surface area contributed by atoms with Gasteiger partial charge >= 0.3 is 0 Å². The van der Waals surface area contributed by atoms with E-state index < -0.39 is 0 Å². The van der Waals surface area contributed by atoms with Crippen LogP contribution in [0, 0.1) is 6.92 Å². The molecule has 5 heteroatoms. The Hall–Kier alpha value is -1.98. The molecule has 1 heterocycles. The zero-order valence-corrected chi connectivity index (χ0v) is 11.8. The Morgan fingerprint density at radius 2 is 1.95 bits per heavy atom. The number of hydrazine groups is 1. The molecule has 1 unspecified atom stereocenters. The second-order valence-electron chi connectivity index (χ2n) is 4.60. The summed E-state index contributed by atoms with van der Waals surface area (Å²) in [7, 11) is 0. The first kappa shape index (κ1) is 14.4. The normalized spacial score (nSPS) is 12.2. The second kappa shape index (κ2) is 6.98. The van der Waals surface area contributed by atoms with Gasteiger partial charge in [-0.25, -0.2) is 5.43 Å². The van der Waals surface area contributed by atoms with E-state index in [1.807, 2.05) is 31.2 Å². The van der Waals surface area contributed by atoms with Gasteiger partial charge in [-0.05, 0) is 31.0 Å². The van der Waals surface area contributed by atoms with Gasteiger partial charge in [0.1, 0.15) is 5.75 Å². The molecular weight excluding hydrogens is 252 g/mol. The highest BCUT2D eigenvalue weighted by atomic mass is 16.5. The maximum absolute atomic E-state index is 5.64. The van der Waals surface area contributed by atoms with Gasteiger partial charge in [0.2, 0.25) is 0 Å². The molecule has 2 rings (SSSR count). The lowest BCUT2D eigenvalue weighted by Crippen LogP contribution is -2.29. The largest absolute Gasteiger partial charge is 0.494 e. The van der Waals surface area contributed by atoms with Crippen LogP contribution >= 0.6 is 0 Å². The number of nitrogens with two attached hydrogens (primary N) is 1. The maximum atomic E-state index is 5.64. The summed E-state index contributed by atoms with van der Waals surface area (Å²) in [5.74, 6) is 6.51. The average molecular weight is 272 g/mol. The third-order valence-electron chi connectivity index (χ3n) is 2.95. The Kier molecular flexibility index (Phi) is 5.03. The van der Waals surface area contributed by atoms with E-state index in [0.29, 0.717) is 0 Å². The minimum Gasteiger partial charge on any atom is -0.494 e. The van der Waals surface area contributed by atoms with Crippen molar-refractivity contribution in [1.29, 1.82) is 0 Å². The summed E-state index contributed by atoms with van der Waals surface area (Å²) in [6.07, 6.45) is 4.47. The van der Waals surface area contributed by atoms with E-state index in [1.54, 1.807) is 12.4 Å². The van der Waals surface area contributed by atoms with Gasteiger partial charge in [-0.15, -0.1) is 0 Å². The van der Waals surface area contributed by atoms with Crippen molar-refractivity contribution < 1.29 is 4.74 Å². The fraction of sp³-hybridized carbons (Fsp3) is 0.333. The number of nitrogens with zero attached hydrogens (tertiary/aromatic N) is 2. The van der Waals surface area contributed by atoms with Gasteiger partial charge in [-0.1, -0.05) is 19.1 Å². The standard InChI is InChI=1S/C15H20N4O/c1-3-8-20-13-6-4-12(5-7-13)15(19-16)14-10-17-11(2)9-18-14/h4-7,9-10,15,19H,3,8,16H2,1-2H3. The number of nitrogens with one attached hydrogen (secondary N) is 1. The highest BCUT2D eigenvalue weighted by molar-refractivity contribution is 5.32. The highest BCUT2D eigenvalue weighted by Crippen LogP contribution is 2.22. The Labute approximate surface area is 119 Å². The van der Waals surface area contributed by atoms with Gasteiger partial charge in [-0.3, -0.25) is 15.8 Å². The van der Waals surface area contributed by atoms with Crippen LogP contribution < -0.4 is 16.0 Å². The topological polar surface area (TPSA) is 73.1 Å². The Bertz CT molecular complexity index is 525. The third-order valence-corrected chi connectivity index (χ3v) is 2.95. The molecule has 0 fully saturated rings. The van der Waals surface area contributed by atoms with E-state index in [0.717, 1.165) is 35.7 Å². The van der Waals surface area contributed by atoms with Crippen molar-refractivity contribution >= 4 is 0 Å². The Balaban J connectivity index is 2.17. The number of hydrogen-bond acceptors (Lipinski definition) is 5. The SMILES string of the molecule is CCCOc1ccc(C(NN)c2cnc(C)cn2)cc1. The maximum Gasteiger partial charge on any atom is 0.119 e. The van der Waals surface area contributed by atoms with Crippen molar-refractivity contribution in [2.45, 2.75) is 26.3 Å². The Morgan fingerprint density at radius 1 is 1.20 bits per heavy atom. The molecule has 3 N–H and O–H groups in total. The molecule has 1 aromatic heterocycles. The van der Waals surface area contributed by atoms with E-state index in [1.165, 1.54) is 0 Å². The van der Waals surface area contributed by atoms with Crippen LogP contribution in [-0.2, 0) is 0 Å². The lowest BCUT2D eigenvalue weighted by molar-refractivity contribution is 0.317. The minimum atomic E-state index is -0.177. The molecule has 0 aliphatic rings. The van der Waals surface area contributed by atoms with Gasteiger partial charge < -0.3 is 4.74 Å². The fourth-order valence-electron chi connectivity index (χ4n) is 1.88. The van der Waals surface area contributed by atoms with Crippen LogP contribution in [0.5, 0.6) is 5.75 Å². The zero-order chi connectivity index (χ0) is 14.4. The number of hydrogen-bond donors (Lipinski definition) is 2. The van der Waals surface area contributed by atoms with Crippen molar-refractivity contribution in [2.75, 3.05) is 6.61 Å². The van der Waals surface area contributed by atoms with Gasteiger partial charge in [0, 0.05) is 6.20 Å². The summed E-state index contributed by atoms with van der Waals surface area (Å²) in [6, 6.07) is 7.67. The molecule has 1 aromatic carbocycles. The van der Waals surface area contributed by atoms with E-state index in [4.69, 9.17) is 10.6 Å². The molecule has 1 atom stereocenters. The monoisotopic (exact) mass is 272 g/mol. The van der Waals surface area contributed by atoms with Crippen molar-refractivity contribution in [3.63, 3.8) is 0 Å². The first-order valence-electron chi connectivity index (χ1n) is 6.72. The van der Waals surface area contributed by atoms with Gasteiger partial charge in [0.25, 0.3) is 0 Å². The molecule has 0 aliphatic carbocycles. The molecule has 0 radical (unpaired) electrons. The predicted molar refractivity (Wildman–Crippen MR) is 78.2 cm³/mol. The van der Waals surface area contributed by atoms with E-state index in [9.17, 15) is 0 Å². The number of benzene rings is 1. The quantitative estimate of drug-likeness (QED) is 0.622. The first-order valence-corrected chi connectivity index (χ1v) is 6.72. The lowest BCUT2D eigenvalue weighted by atomic mass is 10.0. The summed E-state index contributed by atoms with van der Waals surface area (Å²) in [5.41, 5.74) is 5.47. The van der Waals surface area contributed by atoms with E-state index >= 15 is 0 Å². The summed E-state index contributed by atoms with van der Waals surface area (Å²) in [5, 5.41) is 0. The summed E-state index contributed by atoms with van der Waals surface area (Å²) in [4.78, 5) is 8.61. The highest BCUT2D eigenvalue weighted by Gasteiger charge is 2.14. The fourth-order valence-corrected chi connectivity index (χ4v) is 1.88. The van der Waals surface area contributed by atoms with Crippen LogP contribution in [0.4, 0.5) is 0 Å². The van der Waals surface area contributed by atoms with Crippen LogP contribution in [0.1, 0.15) is 36.3 Å². The minimum absolute atomic E-state index is 0.177. The predicted octanol–water partition coefficient (Wildman–Crippen LogP) is 2.13. The van der Waals surface area contributed by atoms with Crippen LogP contribution in [-0.4, -0.2) is 16.6 Å². The molecule has 0 saturated carbocycles. The lowest BCUT2D eigenvalue weighted by Gasteiger charge is -2.16. The first-order chi connectivity index (χ1) is 9.74.